The number of hydrogen-bond donors (Lipinski definition) is 0. The van der Waals surface area contributed by atoms with Crippen LogP contribution in [0.5, 0.6) is 0 Å². The van der Waals surface area contributed by atoms with Gasteiger partial charge in [-0.25, -0.2) is 0 Å². The molecule has 0 aromatic heterocycles. The van der Waals surface area contributed by atoms with Gasteiger partial charge in [0.1, 0.15) is 0 Å². The van der Waals surface area contributed by atoms with E-state index in [4.69, 9.17) is 4.84 Å². The van der Waals surface area contributed by atoms with E-state index in [2.05, 4.69) is 13.8 Å². The molecule has 4 nitrogen and oxygen atoms in total. The maximum Gasteiger partial charge on any atom is 0.286 e. The average Bonchev–Trinajstić information content (AvgIpc) is 2.81. The lowest BCUT2D eigenvalue weighted by Crippen LogP contribution is -2.31. The Hall–Kier alpha value is -1.85. The Morgan fingerprint density at radius 1 is 0.688 bits per heavy atom. The van der Waals surface area contributed by atoms with Crippen molar-refractivity contribution in [3.05, 3.63) is 60.2 Å². The highest BCUT2D eigenvalue weighted by Crippen LogP contribution is 2.25. The highest BCUT2D eigenvalue weighted by Gasteiger charge is 2.26. The number of hydrogen-bond acceptors (Lipinski definition) is 3. The number of rotatable bonds is 17. The summed E-state index contributed by atoms with van der Waals surface area (Å²) >= 11 is 0. The molecule has 2 aromatic carbocycles. The Kier molecular flexibility index (Phi) is 12.4. The first kappa shape index (κ1) is 26.4. The van der Waals surface area contributed by atoms with Crippen molar-refractivity contribution in [2.24, 2.45) is 0 Å². The lowest BCUT2D eigenvalue weighted by Gasteiger charge is -2.23. The Labute approximate surface area is 196 Å². The average molecular weight is 460 g/mol. The Morgan fingerprint density at radius 2 is 1.25 bits per heavy atom. The van der Waals surface area contributed by atoms with Crippen LogP contribution >= 0.6 is 0 Å². The summed E-state index contributed by atoms with van der Waals surface area (Å²) in [6, 6.07) is 16.1. The van der Waals surface area contributed by atoms with E-state index in [1.165, 1.54) is 56.9 Å². The van der Waals surface area contributed by atoms with E-state index >= 15 is 0 Å². The Morgan fingerprint density at radius 3 is 1.81 bits per heavy atom. The van der Waals surface area contributed by atoms with Crippen molar-refractivity contribution in [2.45, 2.75) is 95.8 Å². The van der Waals surface area contributed by atoms with Crippen molar-refractivity contribution in [1.29, 1.82) is 0 Å². The standard InChI is InChI=1S/C27H41NO3S/c1-3-5-6-7-8-9-10-11-12-16-24-31-28(26-22-20-25(17-4-2)21-23-26)32(29,30)27-18-14-13-15-19-27/h13-15,18-23H,3-12,16-17,24H2,1-2H3. The zero-order valence-electron chi connectivity index (χ0n) is 20.0. The molecule has 0 aliphatic rings. The summed E-state index contributed by atoms with van der Waals surface area (Å²) in [5.74, 6) is 0. The smallest absolute Gasteiger partial charge is 0.259 e. The zero-order chi connectivity index (χ0) is 23.1. The Balaban J connectivity index is 1.89. The van der Waals surface area contributed by atoms with E-state index in [1.54, 1.807) is 24.3 Å². The van der Waals surface area contributed by atoms with Crippen LogP contribution in [-0.2, 0) is 21.3 Å². The summed E-state index contributed by atoms with van der Waals surface area (Å²) in [6.45, 7) is 4.77. The largest absolute Gasteiger partial charge is 0.286 e. The van der Waals surface area contributed by atoms with E-state index in [-0.39, 0.29) is 4.90 Å². The van der Waals surface area contributed by atoms with E-state index in [0.29, 0.717) is 12.3 Å². The van der Waals surface area contributed by atoms with Gasteiger partial charge in [0, 0.05) is 0 Å². The first-order valence-electron chi connectivity index (χ1n) is 12.4. The molecule has 0 aliphatic carbocycles. The molecule has 0 atom stereocenters. The van der Waals surface area contributed by atoms with Crippen molar-refractivity contribution >= 4 is 15.7 Å². The van der Waals surface area contributed by atoms with Gasteiger partial charge >= 0.3 is 0 Å². The maximum absolute atomic E-state index is 13.3. The summed E-state index contributed by atoms with van der Waals surface area (Å²) in [6.07, 6.45) is 14.3. The fourth-order valence-corrected chi connectivity index (χ4v) is 5.09. The molecule has 0 unspecified atom stereocenters. The van der Waals surface area contributed by atoms with Crippen LogP contribution in [0.15, 0.2) is 59.5 Å². The van der Waals surface area contributed by atoms with Gasteiger partial charge in [-0.2, -0.15) is 8.42 Å². The van der Waals surface area contributed by atoms with Gasteiger partial charge in [-0.3, -0.25) is 4.84 Å². The van der Waals surface area contributed by atoms with Gasteiger partial charge in [-0.1, -0.05) is 108 Å². The van der Waals surface area contributed by atoms with Crippen molar-refractivity contribution in [2.75, 3.05) is 11.1 Å². The molecule has 0 amide bonds. The molecule has 0 N–H and O–H groups in total. The molecule has 2 aromatic rings. The minimum atomic E-state index is -3.78. The van der Waals surface area contributed by atoms with Gasteiger partial charge in [-0.15, -0.1) is 4.47 Å². The van der Waals surface area contributed by atoms with Crippen LogP contribution in [0.1, 0.15) is 90.0 Å². The lowest BCUT2D eigenvalue weighted by molar-refractivity contribution is 0.144. The molecule has 0 aliphatic heterocycles. The number of sulfonamides is 1. The van der Waals surface area contributed by atoms with Crippen LogP contribution in [-0.4, -0.2) is 15.0 Å². The molecule has 178 valence electrons. The zero-order valence-corrected chi connectivity index (χ0v) is 20.8. The van der Waals surface area contributed by atoms with E-state index in [9.17, 15) is 8.42 Å². The molecule has 0 radical (unpaired) electrons. The Bertz CT molecular complexity index is 835. The van der Waals surface area contributed by atoms with E-state index < -0.39 is 10.0 Å². The number of aryl methyl sites for hydroxylation is 1. The van der Waals surface area contributed by atoms with Gasteiger partial charge in [0.15, 0.2) is 0 Å². The molecular formula is C27H41NO3S. The van der Waals surface area contributed by atoms with Crippen molar-refractivity contribution in [3.8, 4) is 0 Å². The maximum atomic E-state index is 13.3. The third-order valence-electron chi connectivity index (χ3n) is 5.65. The van der Waals surface area contributed by atoms with Gasteiger partial charge in [0.2, 0.25) is 0 Å². The molecular weight excluding hydrogens is 418 g/mol. The predicted molar refractivity (Wildman–Crippen MR) is 134 cm³/mol. The molecule has 0 saturated heterocycles. The molecule has 0 spiro atoms. The van der Waals surface area contributed by atoms with Crippen LogP contribution in [0.25, 0.3) is 0 Å². The van der Waals surface area contributed by atoms with Gasteiger partial charge < -0.3 is 0 Å². The summed E-state index contributed by atoms with van der Waals surface area (Å²) in [7, 11) is -3.78. The highest BCUT2D eigenvalue weighted by molar-refractivity contribution is 7.92. The number of unbranched alkanes of at least 4 members (excludes halogenated alkanes) is 9. The van der Waals surface area contributed by atoms with E-state index in [0.717, 1.165) is 30.2 Å². The van der Waals surface area contributed by atoms with Gasteiger partial charge in [0.05, 0.1) is 17.2 Å². The second-order valence-electron chi connectivity index (χ2n) is 8.48. The van der Waals surface area contributed by atoms with Crippen LogP contribution in [0.4, 0.5) is 5.69 Å². The van der Waals surface area contributed by atoms with Gasteiger partial charge in [-0.05, 0) is 42.7 Å². The first-order chi connectivity index (χ1) is 15.6. The number of anilines is 1. The monoisotopic (exact) mass is 459 g/mol. The molecule has 5 heteroatoms. The summed E-state index contributed by atoms with van der Waals surface area (Å²) in [4.78, 5) is 6.10. The molecule has 0 heterocycles. The normalized spacial score (nSPS) is 11.6. The topological polar surface area (TPSA) is 46.6 Å². The molecule has 2 rings (SSSR count). The number of nitrogens with zero attached hydrogens (tertiary/aromatic N) is 1. The second-order valence-corrected chi connectivity index (χ2v) is 10.2. The van der Waals surface area contributed by atoms with Crippen molar-refractivity contribution in [1.82, 2.24) is 0 Å². The third-order valence-corrected chi connectivity index (χ3v) is 7.27. The second kappa shape index (κ2) is 15.1. The van der Waals surface area contributed by atoms with Crippen LogP contribution < -0.4 is 4.47 Å². The summed E-state index contributed by atoms with van der Waals surface area (Å²) in [5.41, 5.74) is 1.74. The first-order valence-corrected chi connectivity index (χ1v) is 13.9. The summed E-state index contributed by atoms with van der Waals surface area (Å²) < 4.78 is 27.6. The fourth-order valence-electron chi connectivity index (χ4n) is 3.78. The minimum absolute atomic E-state index is 0.237. The molecule has 0 bridgehead atoms. The molecule has 0 fully saturated rings. The SMILES string of the molecule is CCCCCCCCCCCCON(c1ccc(CCC)cc1)S(=O)(=O)c1ccccc1. The minimum Gasteiger partial charge on any atom is -0.259 e. The third kappa shape index (κ3) is 8.95. The van der Waals surface area contributed by atoms with Crippen LogP contribution in [0.2, 0.25) is 0 Å². The quantitative estimate of drug-likeness (QED) is 0.180. The fraction of sp³-hybridized carbons (Fsp3) is 0.556. The summed E-state index contributed by atoms with van der Waals surface area (Å²) in [5, 5.41) is 0. The predicted octanol–water partition coefficient (Wildman–Crippen LogP) is 7.69. The lowest BCUT2D eigenvalue weighted by atomic mass is 10.1. The van der Waals surface area contributed by atoms with Crippen LogP contribution in [0, 0.1) is 0 Å². The highest BCUT2D eigenvalue weighted by atomic mass is 32.2. The molecule has 32 heavy (non-hydrogen) atoms. The van der Waals surface area contributed by atoms with E-state index in [1.807, 2.05) is 30.3 Å². The van der Waals surface area contributed by atoms with Crippen molar-refractivity contribution < 1.29 is 13.3 Å². The van der Waals surface area contributed by atoms with Gasteiger partial charge in [0.25, 0.3) is 10.0 Å². The van der Waals surface area contributed by atoms with Crippen LogP contribution in [0.3, 0.4) is 0 Å². The molecule has 0 saturated carbocycles. The van der Waals surface area contributed by atoms with Crippen molar-refractivity contribution in [3.63, 3.8) is 0 Å². The number of benzene rings is 2.